The van der Waals surface area contributed by atoms with Gasteiger partial charge in [0.2, 0.25) is 0 Å². The van der Waals surface area contributed by atoms with Crippen LogP contribution in [0.3, 0.4) is 0 Å². The van der Waals surface area contributed by atoms with Crippen LogP contribution in [0.2, 0.25) is 5.02 Å². The number of nitrogens with zero attached hydrogens (tertiary/aromatic N) is 1. The predicted octanol–water partition coefficient (Wildman–Crippen LogP) is 3.05. The van der Waals surface area contributed by atoms with Crippen molar-refractivity contribution in [3.8, 4) is 0 Å². The molecular formula is C14H14ClNO. The minimum Gasteiger partial charge on any atom is -0.396 e. The summed E-state index contributed by atoms with van der Waals surface area (Å²) in [5.74, 6) is 0.0797. The highest BCUT2D eigenvalue weighted by Gasteiger charge is 2.11. The molecular weight excluding hydrogens is 234 g/mol. The maximum absolute atomic E-state index is 9.47. The first-order valence-corrected chi connectivity index (χ1v) is 5.92. The molecule has 3 heteroatoms. The summed E-state index contributed by atoms with van der Waals surface area (Å²) >= 11 is 5.96. The van der Waals surface area contributed by atoms with Gasteiger partial charge in [-0.15, -0.1) is 0 Å². The lowest BCUT2D eigenvalue weighted by Crippen LogP contribution is -2.07. The molecule has 1 aromatic heterocycles. The Morgan fingerprint density at radius 3 is 2.59 bits per heavy atom. The van der Waals surface area contributed by atoms with Gasteiger partial charge >= 0.3 is 0 Å². The van der Waals surface area contributed by atoms with Crippen molar-refractivity contribution in [2.24, 2.45) is 0 Å². The molecule has 2 nitrogen and oxygen atoms in total. The zero-order chi connectivity index (χ0) is 12.1. The van der Waals surface area contributed by atoms with E-state index >= 15 is 0 Å². The summed E-state index contributed by atoms with van der Waals surface area (Å²) in [6, 6.07) is 11.6. The lowest BCUT2D eigenvalue weighted by Gasteiger charge is -2.14. The number of aliphatic hydroxyl groups excluding tert-OH is 1. The first-order chi connectivity index (χ1) is 8.29. The number of pyridine rings is 1. The molecule has 17 heavy (non-hydrogen) atoms. The van der Waals surface area contributed by atoms with Gasteiger partial charge in [0.1, 0.15) is 0 Å². The Bertz CT molecular complexity index is 473. The van der Waals surface area contributed by atoms with Gasteiger partial charge in [0.05, 0.1) is 6.61 Å². The number of benzene rings is 1. The number of rotatable bonds is 4. The molecule has 0 aliphatic carbocycles. The smallest absolute Gasteiger partial charge is 0.0502 e. The van der Waals surface area contributed by atoms with Crippen LogP contribution in [0.25, 0.3) is 0 Å². The average molecular weight is 248 g/mol. The topological polar surface area (TPSA) is 33.1 Å². The van der Waals surface area contributed by atoms with Gasteiger partial charge in [-0.1, -0.05) is 23.7 Å². The van der Waals surface area contributed by atoms with E-state index in [-0.39, 0.29) is 12.5 Å². The molecule has 0 saturated carbocycles. The van der Waals surface area contributed by atoms with Crippen molar-refractivity contribution in [1.82, 2.24) is 4.98 Å². The van der Waals surface area contributed by atoms with Crippen LogP contribution in [0.5, 0.6) is 0 Å². The molecule has 0 aliphatic rings. The molecule has 0 saturated heterocycles. The van der Waals surface area contributed by atoms with Crippen LogP contribution < -0.4 is 0 Å². The molecule has 0 aliphatic heterocycles. The largest absolute Gasteiger partial charge is 0.396 e. The molecule has 1 heterocycles. The van der Waals surface area contributed by atoms with Gasteiger partial charge in [0.25, 0.3) is 0 Å². The molecule has 0 spiro atoms. The molecule has 0 bridgehead atoms. The van der Waals surface area contributed by atoms with Crippen LogP contribution in [0.15, 0.2) is 48.8 Å². The number of aliphatic hydroxyl groups is 1. The average Bonchev–Trinajstić information content (AvgIpc) is 2.37. The van der Waals surface area contributed by atoms with Crippen molar-refractivity contribution in [1.29, 1.82) is 0 Å². The van der Waals surface area contributed by atoms with Gasteiger partial charge < -0.3 is 5.11 Å². The third-order valence-corrected chi connectivity index (χ3v) is 3.01. The molecule has 1 atom stereocenters. The van der Waals surface area contributed by atoms with E-state index in [1.807, 2.05) is 36.4 Å². The van der Waals surface area contributed by atoms with Gasteiger partial charge in [-0.25, -0.2) is 0 Å². The van der Waals surface area contributed by atoms with Crippen LogP contribution in [0, 0.1) is 0 Å². The highest BCUT2D eigenvalue weighted by molar-refractivity contribution is 6.30. The Labute approximate surface area is 106 Å². The summed E-state index contributed by atoms with van der Waals surface area (Å²) in [6.07, 6.45) is 4.32. The number of halogens is 1. The highest BCUT2D eigenvalue weighted by atomic mass is 35.5. The van der Waals surface area contributed by atoms with Crippen LogP contribution >= 0.6 is 11.6 Å². The Kier molecular flexibility index (Phi) is 4.13. The predicted molar refractivity (Wildman–Crippen MR) is 69.2 cm³/mol. The number of hydrogen-bond donors (Lipinski definition) is 1. The van der Waals surface area contributed by atoms with Crippen molar-refractivity contribution in [2.45, 2.75) is 12.3 Å². The van der Waals surface area contributed by atoms with E-state index in [9.17, 15) is 5.11 Å². The number of aromatic nitrogens is 1. The van der Waals surface area contributed by atoms with Gasteiger partial charge in [0.15, 0.2) is 0 Å². The van der Waals surface area contributed by atoms with Crippen LogP contribution in [0.4, 0.5) is 0 Å². The van der Waals surface area contributed by atoms with E-state index in [4.69, 9.17) is 11.6 Å². The van der Waals surface area contributed by atoms with E-state index in [0.29, 0.717) is 5.02 Å². The van der Waals surface area contributed by atoms with Crippen LogP contribution in [0.1, 0.15) is 17.0 Å². The molecule has 1 unspecified atom stereocenters. The lowest BCUT2D eigenvalue weighted by atomic mass is 9.93. The van der Waals surface area contributed by atoms with Crippen molar-refractivity contribution in [3.63, 3.8) is 0 Å². The van der Waals surface area contributed by atoms with Gasteiger partial charge in [-0.3, -0.25) is 4.98 Å². The van der Waals surface area contributed by atoms with Gasteiger partial charge in [-0.2, -0.15) is 0 Å². The molecule has 88 valence electrons. The second-order valence-corrected chi connectivity index (χ2v) is 4.43. The summed E-state index contributed by atoms with van der Waals surface area (Å²) in [7, 11) is 0. The van der Waals surface area contributed by atoms with E-state index in [1.54, 1.807) is 12.4 Å². The van der Waals surface area contributed by atoms with Crippen molar-refractivity contribution < 1.29 is 5.11 Å². The van der Waals surface area contributed by atoms with Crippen molar-refractivity contribution in [2.75, 3.05) is 6.61 Å². The van der Waals surface area contributed by atoms with Crippen LogP contribution in [-0.4, -0.2) is 16.7 Å². The molecule has 1 aromatic carbocycles. The lowest BCUT2D eigenvalue weighted by molar-refractivity contribution is 0.264. The first-order valence-electron chi connectivity index (χ1n) is 5.55. The highest BCUT2D eigenvalue weighted by Crippen LogP contribution is 2.22. The summed E-state index contributed by atoms with van der Waals surface area (Å²) in [4.78, 5) is 3.98. The molecule has 0 fully saturated rings. The summed E-state index contributed by atoms with van der Waals surface area (Å²) in [6.45, 7) is 0.114. The van der Waals surface area contributed by atoms with Gasteiger partial charge in [0, 0.05) is 23.3 Å². The van der Waals surface area contributed by atoms with E-state index in [0.717, 1.165) is 12.0 Å². The second-order valence-electron chi connectivity index (χ2n) is 3.99. The Balaban J connectivity index is 2.17. The van der Waals surface area contributed by atoms with Crippen molar-refractivity contribution >= 4 is 11.6 Å². The minimum absolute atomic E-state index is 0.0797. The fraction of sp³-hybridized carbons (Fsp3) is 0.214. The van der Waals surface area contributed by atoms with Gasteiger partial charge in [-0.05, 0) is 41.8 Å². The maximum atomic E-state index is 9.47. The summed E-state index contributed by atoms with van der Waals surface area (Å²) in [5, 5.41) is 10.2. The second kappa shape index (κ2) is 5.80. The van der Waals surface area contributed by atoms with E-state index in [2.05, 4.69) is 4.98 Å². The van der Waals surface area contributed by atoms with E-state index in [1.165, 1.54) is 5.56 Å². The first kappa shape index (κ1) is 12.1. The fourth-order valence-corrected chi connectivity index (χ4v) is 2.05. The summed E-state index contributed by atoms with van der Waals surface area (Å²) in [5.41, 5.74) is 2.23. The SMILES string of the molecule is OCC(Cc1ccncc1)c1cccc(Cl)c1. The third kappa shape index (κ3) is 3.29. The molecule has 2 aromatic rings. The molecule has 1 N–H and O–H groups in total. The Hall–Kier alpha value is -1.38. The zero-order valence-electron chi connectivity index (χ0n) is 9.38. The monoisotopic (exact) mass is 247 g/mol. The normalized spacial score (nSPS) is 12.4. The van der Waals surface area contributed by atoms with Crippen molar-refractivity contribution in [3.05, 3.63) is 64.9 Å². The summed E-state index contributed by atoms with van der Waals surface area (Å²) < 4.78 is 0. The Morgan fingerprint density at radius 1 is 1.18 bits per heavy atom. The minimum atomic E-state index is 0.0797. The molecule has 2 rings (SSSR count). The third-order valence-electron chi connectivity index (χ3n) is 2.77. The standard InChI is InChI=1S/C14H14ClNO/c15-14-3-1-2-12(9-14)13(10-17)8-11-4-6-16-7-5-11/h1-7,9,13,17H,8,10H2. The fourth-order valence-electron chi connectivity index (χ4n) is 1.85. The Morgan fingerprint density at radius 2 is 1.94 bits per heavy atom. The molecule has 0 radical (unpaired) electrons. The quantitative estimate of drug-likeness (QED) is 0.901. The van der Waals surface area contributed by atoms with Crippen LogP contribution in [-0.2, 0) is 6.42 Å². The molecule has 0 amide bonds. The maximum Gasteiger partial charge on any atom is 0.0502 e. The number of hydrogen-bond acceptors (Lipinski definition) is 2. The van der Waals surface area contributed by atoms with E-state index < -0.39 is 0 Å². The zero-order valence-corrected chi connectivity index (χ0v) is 10.1.